The number of dihydropyridines is 1. The van der Waals surface area contributed by atoms with Gasteiger partial charge in [-0.1, -0.05) is 25.1 Å². The third kappa shape index (κ3) is 3.77. The van der Waals surface area contributed by atoms with Crippen molar-refractivity contribution in [1.82, 2.24) is 10.3 Å². The number of carbonyl (C=O) groups excluding carboxylic acids is 2. The summed E-state index contributed by atoms with van der Waals surface area (Å²) < 4.78 is 14.1. The molecule has 2 atom stereocenters. The minimum atomic E-state index is -0.623. The van der Waals surface area contributed by atoms with Crippen molar-refractivity contribution >= 4 is 17.5 Å². The van der Waals surface area contributed by atoms with Gasteiger partial charge >= 0.3 is 0 Å². The van der Waals surface area contributed by atoms with E-state index in [0.717, 1.165) is 17.7 Å². The fraction of sp³-hybridized carbons (Fsp3) is 0.292. The van der Waals surface area contributed by atoms with Crippen molar-refractivity contribution in [3.8, 4) is 0 Å². The topological polar surface area (TPSA) is 71.1 Å². The summed E-state index contributed by atoms with van der Waals surface area (Å²) in [5.74, 6) is -0.741. The minimum absolute atomic E-state index is 0.00299. The molecule has 154 valence electrons. The zero-order chi connectivity index (χ0) is 21.4. The number of allylic oxidation sites excluding steroid dienone is 3. The highest BCUT2D eigenvalue weighted by Crippen LogP contribution is 2.43. The minimum Gasteiger partial charge on any atom is -0.362 e. The average Bonchev–Trinajstić information content (AvgIpc) is 2.68. The molecule has 4 rings (SSSR count). The Kier molecular flexibility index (Phi) is 5.24. The Bertz CT molecular complexity index is 1090. The van der Waals surface area contributed by atoms with Crippen molar-refractivity contribution in [2.75, 3.05) is 5.32 Å². The predicted octanol–water partition coefficient (Wildman–Crippen LogP) is 4.38. The van der Waals surface area contributed by atoms with E-state index in [1.165, 1.54) is 12.1 Å². The van der Waals surface area contributed by atoms with Crippen LogP contribution >= 0.6 is 0 Å². The Morgan fingerprint density at radius 3 is 2.70 bits per heavy atom. The first kappa shape index (κ1) is 20.0. The molecule has 30 heavy (non-hydrogen) atoms. The number of anilines is 1. The number of hydrogen-bond acceptors (Lipinski definition) is 4. The molecule has 2 aromatic rings. The molecule has 2 aliphatic rings. The van der Waals surface area contributed by atoms with E-state index in [9.17, 15) is 14.0 Å². The van der Waals surface area contributed by atoms with Crippen LogP contribution in [0.15, 0.2) is 65.1 Å². The molecule has 0 saturated heterocycles. The normalized spacial score (nSPS) is 21.3. The van der Waals surface area contributed by atoms with Gasteiger partial charge in [0.15, 0.2) is 5.78 Å². The summed E-state index contributed by atoms with van der Waals surface area (Å²) in [5.41, 5.74) is 4.03. The second-order valence-electron chi connectivity index (χ2n) is 8.16. The third-order valence-electron chi connectivity index (χ3n) is 5.61. The smallest absolute Gasteiger partial charge is 0.255 e. The van der Waals surface area contributed by atoms with Crippen LogP contribution in [-0.2, 0) is 9.59 Å². The molecular formula is C24H24FN3O2. The van der Waals surface area contributed by atoms with Gasteiger partial charge in [-0.2, -0.15) is 0 Å². The van der Waals surface area contributed by atoms with Gasteiger partial charge in [0.2, 0.25) is 0 Å². The SMILES string of the molecule is CC1=C(C(=O)Nc2ccc(C)cn2)[C@H](c2cccc(F)c2)C2=C(C[C@@H](C)CC2=O)N1. The fourth-order valence-electron chi connectivity index (χ4n) is 4.28. The van der Waals surface area contributed by atoms with Crippen molar-refractivity contribution in [2.45, 2.75) is 39.5 Å². The number of carbonyl (C=O) groups is 2. The number of nitrogens with zero attached hydrogens (tertiary/aromatic N) is 1. The van der Waals surface area contributed by atoms with E-state index in [1.807, 2.05) is 26.8 Å². The maximum Gasteiger partial charge on any atom is 0.255 e. The number of aromatic nitrogens is 1. The van der Waals surface area contributed by atoms with Gasteiger partial charge in [0, 0.05) is 41.1 Å². The van der Waals surface area contributed by atoms with E-state index in [2.05, 4.69) is 15.6 Å². The summed E-state index contributed by atoms with van der Waals surface area (Å²) in [6.45, 7) is 5.77. The second kappa shape index (κ2) is 7.86. The molecular weight excluding hydrogens is 381 g/mol. The van der Waals surface area contributed by atoms with Gasteiger partial charge < -0.3 is 10.6 Å². The number of aryl methyl sites for hydroxylation is 1. The summed E-state index contributed by atoms with van der Waals surface area (Å²) in [5, 5.41) is 6.11. The third-order valence-corrected chi connectivity index (χ3v) is 5.61. The number of hydrogen-bond donors (Lipinski definition) is 2. The molecule has 1 amide bonds. The van der Waals surface area contributed by atoms with Crippen LogP contribution < -0.4 is 10.6 Å². The Hall–Kier alpha value is -3.28. The van der Waals surface area contributed by atoms with Crippen LogP contribution in [0.3, 0.4) is 0 Å². The van der Waals surface area contributed by atoms with E-state index < -0.39 is 11.7 Å². The first-order valence-corrected chi connectivity index (χ1v) is 10.1. The van der Waals surface area contributed by atoms with Gasteiger partial charge in [-0.05, 0) is 55.5 Å². The van der Waals surface area contributed by atoms with Gasteiger partial charge in [0.1, 0.15) is 11.6 Å². The maximum atomic E-state index is 14.1. The van der Waals surface area contributed by atoms with Gasteiger partial charge in [0.25, 0.3) is 5.91 Å². The molecule has 0 fully saturated rings. The number of pyridine rings is 1. The molecule has 6 heteroatoms. The van der Waals surface area contributed by atoms with Crippen LogP contribution in [0, 0.1) is 18.7 Å². The van der Waals surface area contributed by atoms with Crippen molar-refractivity contribution in [3.63, 3.8) is 0 Å². The van der Waals surface area contributed by atoms with Crippen LogP contribution in [0.5, 0.6) is 0 Å². The number of halogens is 1. The largest absolute Gasteiger partial charge is 0.362 e. The molecule has 0 radical (unpaired) electrons. The van der Waals surface area contributed by atoms with E-state index in [-0.39, 0.29) is 17.6 Å². The average molecular weight is 405 g/mol. The number of benzene rings is 1. The lowest BCUT2D eigenvalue weighted by Crippen LogP contribution is -2.37. The van der Waals surface area contributed by atoms with Crippen molar-refractivity contribution < 1.29 is 14.0 Å². The molecule has 1 aliphatic heterocycles. The lowest BCUT2D eigenvalue weighted by Gasteiger charge is -2.36. The lowest BCUT2D eigenvalue weighted by molar-refractivity contribution is -0.117. The number of ketones is 1. The molecule has 1 aliphatic carbocycles. The maximum absolute atomic E-state index is 14.1. The molecule has 0 saturated carbocycles. The lowest BCUT2D eigenvalue weighted by atomic mass is 9.73. The first-order chi connectivity index (χ1) is 14.3. The summed E-state index contributed by atoms with van der Waals surface area (Å²) in [7, 11) is 0. The van der Waals surface area contributed by atoms with Crippen LogP contribution in [0.4, 0.5) is 10.2 Å². The quantitative estimate of drug-likeness (QED) is 0.795. The molecule has 2 N–H and O–H groups in total. The highest BCUT2D eigenvalue weighted by molar-refractivity contribution is 6.09. The number of Topliss-reactive ketones (excluding diaryl/α,β-unsaturated/α-hetero) is 1. The summed E-state index contributed by atoms with van der Waals surface area (Å²) in [4.78, 5) is 30.6. The summed E-state index contributed by atoms with van der Waals surface area (Å²) >= 11 is 0. The Labute approximate surface area is 175 Å². The zero-order valence-electron chi connectivity index (χ0n) is 17.3. The molecule has 5 nitrogen and oxygen atoms in total. The number of amides is 1. The fourth-order valence-corrected chi connectivity index (χ4v) is 4.28. The predicted molar refractivity (Wildman–Crippen MR) is 113 cm³/mol. The molecule has 1 aromatic carbocycles. The number of rotatable bonds is 3. The Morgan fingerprint density at radius 2 is 2.00 bits per heavy atom. The van der Waals surface area contributed by atoms with Crippen LogP contribution in [-0.4, -0.2) is 16.7 Å². The Balaban J connectivity index is 1.79. The van der Waals surface area contributed by atoms with Crippen molar-refractivity contribution in [3.05, 3.63) is 82.1 Å². The summed E-state index contributed by atoms with van der Waals surface area (Å²) in [6.07, 6.45) is 2.81. The van der Waals surface area contributed by atoms with Gasteiger partial charge in [-0.3, -0.25) is 9.59 Å². The second-order valence-corrected chi connectivity index (χ2v) is 8.16. The van der Waals surface area contributed by atoms with Gasteiger partial charge in [-0.15, -0.1) is 0 Å². The highest BCUT2D eigenvalue weighted by Gasteiger charge is 2.40. The van der Waals surface area contributed by atoms with Gasteiger partial charge in [0.05, 0.1) is 0 Å². The van der Waals surface area contributed by atoms with Crippen LogP contribution in [0.25, 0.3) is 0 Å². The van der Waals surface area contributed by atoms with Gasteiger partial charge in [-0.25, -0.2) is 9.37 Å². The van der Waals surface area contributed by atoms with E-state index >= 15 is 0 Å². The van der Waals surface area contributed by atoms with Crippen molar-refractivity contribution in [2.24, 2.45) is 5.92 Å². The molecule has 2 heterocycles. The van der Waals surface area contributed by atoms with Crippen molar-refractivity contribution in [1.29, 1.82) is 0 Å². The van der Waals surface area contributed by atoms with E-state index in [1.54, 1.807) is 24.4 Å². The molecule has 0 bridgehead atoms. The standard InChI is InChI=1S/C24H24FN3O2/c1-13-7-8-20(26-12-13)28-24(30)21-15(3)27-18-9-14(2)10-19(29)23(18)22(21)16-5-4-6-17(25)11-16/h4-8,11-12,14,22,27H,9-10H2,1-3H3,(H,26,28,30)/t14-,22+/m1/s1. The van der Waals surface area contributed by atoms with Crippen LogP contribution in [0.2, 0.25) is 0 Å². The molecule has 0 unspecified atom stereocenters. The molecule has 1 aromatic heterocycles. The first-order valence-electron chi connectivity index (χ1n) is 10.1. The number of nitrogens with one attached hydrogen (secondary N) is 2. The van der Waals surface area contributed by atoms with E-state index in [0.29, 0.717) is 34.6 Å². The Morgan fingerprint density at radius 1 is 1.20 bits per heavy atom. The van der Waals surface area contributed by atoms with Crippen LogP contribution in [0.1, 0.15) is 43.7 Å². The summed E-state index contributed by atoms with van der Waals surface area (Å²) in [6, 6.07) is 9.72. The molecule has 0 spiro atoms. The zero-order valence-corrected chi connectivity index (χ0v) is 17.3. The van der Waals surface area contributed by atoms with E-state index in [4.69, 9.17) is 0 Å². The highest BCUT2D eigenvalue weighted by atomic mass is 19.1. The monoisotopic (exact) mass is 405 g/mol.